The first-order valence-corrected chi connectivity index (χ1v) is 4.78. The summed E-state index contributed by atoms with van der Waals surface area (Å²) in [5.74, 6) is 0.812. The summed E-state index contributed by atoms with van der Waals surface area (Å²) in [7, 11) is 0. The molecule has 1 aromatic carbocycles. The highest BCUT2D eigenvalue weighted by Crippen LogP contribution is 2.12. The summed E-state index contributed by atoms with van der Waals surface area (Å²) in [6.45, 7) is 6.71. The fourth-order valence-electron chi connectivity index (χ4n) is 1.39. The first-order chi connectivity index (χ1) is 5.72. The van der Waals surface area contributed by atoms with E-state index < -0.39 is 0 Å². The van der Waals surface area contributed by atoms with Gasteiger partial charge < -0.3 is 0 Å². The average Bonchev–Trinajstić information content (AvgIpc) is 2.04. The van der Waals surface area contributed by atoms with E-state index >= 15 is 0 Å². The molecule has 0 aromatic heterocycles. The van der Waals surface area contributed by atoms with Gasteiger partial charge in [0.2, 0.25) is 0 Å². The summed E-state index contributed by atoms with van der Waals surface area (Å²) in [5.41, 5.74) is 2.85. The van der Waals surface area contributed by atoms with Crippen molar-refractivity contribution in [3.05, 3.63) is 35.4 Å². The van der Waals surface area contributed by atoms with Crippen molar-refractivity contribution in [1.29, 1.82) is 0 Å². The van der Waals surface area contributed by atoms with Gasteiger partial charge in [0, 0.05) is 0 Å². The van der Waals surface area contributed by atoms with Gasteiger partial charge in [-0.1, -0.05) is 50.1 Å². The molecule has 0 bridgehead atoms. The summed E-state index contributed by atoms with van der Waals surface area (Å²) in [6.07, 6.45) is 2.49. The Morgan fingerprint density at radius 3 is 2.67 bits per heavy atom. The van der Waals surface area contributed by atoms with Crippen LogP contribution in [0.25, 0.3) is 0 Å². The van der Waals surface area contributed by atoms with E-state index in [2.05, 4.69) is 45.0 Å². The lowest BCUT2D eigenvalue weighted by Crippen LogP contribution is -1.97. The molecule has 0 amide bonds. The molecule has 0 saturated carbocycles. The summed E-state index contributed by atoms with van der Waals surface area (Å²) in [5, 5.41) is 0. The van der Waals surface area contributed by atoms with E-state index in [9.17, 15) is 0 Å². The van der Waals surface area contributed by atoms with Crippen LogP contribution in [0.15, 0.2) is 24.3 Å². The van der Waals surface area contributed by atoms with Gasteiger partial charge in [0.1, 0.15) is 0 Å². The van der Waals surface area contributed by atoms with Crippen molar-refractivity contribution in [2.75, 3.05) is 0 Å². The summed E-state index contributed by atoms with van der Waals surface area (Å²) in [4.78, 5) is 0. The van der Waals surface area contributed by atoms with Gasteiger partial charge in [-0.3, -0.25) is 0 Å². The van der Waals surface area contributed by atoms with E-state index in [0.717, 1.165) is 5.92 Å². The molecule has 1 atom stereocenters. The summed E-state index contributed by atoms with van der Waals surface area (Å²) in [6, 6.07) is 8.80. The van der Waals surface area contributed by atoms with Crippen LogP contribution in [0.2, 0.25) is 0 Å². The minimum absolute atomic E-state index is 0.812. The second-order valence-corrected chi connectivity index (χ2v) is 3.71. The van der Waals surface area contributed by atoms with Crippen LogP contribution in [0.5, 0.6) is 0 Å². The van der Waals surface area contributed by atoms with Crippen LogP contribution in [0.1, 0.15) is 31.4 Å². The van der Waals surface area contributed by atoms with E-state index in [1.54, 1.807) is 0 Å². The quantitative estimate of drug-likeness (QED) is 0.637. The van der Waals surface area contributed by atoms with Gasteiger partial charge in [0.05, 0.1) is 0 Å². The Labute approximate surface area is 75.6 Å². The fourth-order valence-corrected chi connectivity index (χ4v) is 1.39. The smallest absolute Gasteiger partial charge is 0.0253 e. The predicted molar refractivity (Wildman–Crippen MR) is 54.3 cm³/mol. The SMILES string of the molecule is CC[C@@H](C)Cc1cccc(C)c1. The Morgan fingerprint density at radius 1 is 1.33 bits per heavy atom. The van der Waals surface area contributed by atoms with Crippen LogP contribution >= 0.6 is 0 Å². The first kappa shape index (κ1) is 9.31. The van der Waals surface area contributed by atoms with Crippen LogP contribution < -0.4 is 0 Å². The number of benzene rings is 1. The summed E-state index contributed by atoms with van der Waals surface area (Å²) >= 11 is 0. The lowest BCUT2D eigenvalue weighted by atomic mass is 9.98. The maximum atomic E-state index is 2.31. The minimum atomic E-state index is 0.812. The van der Waals surface area contributed by atoms with E-state index in [1.807, 2.05) is 0 Å². The molecule has 0 aliphatic heterocycles. The standard InChI is InChI=1S/C12H18/c1-4-10(2)8-12-7-5-6-11(3)9-12/h5-7,9-10H,4,8H2,1-3H3/t10-/m1/s1. The molecule has 0 nitrogen and oxygen atoms in total. The Balaban J connectivity index is 2.63. The maximum Gasteiger partial charge on any atom is -0.0253 e. The lowest BCUT2D eigenvalue weighted by Gasteiger charge is -2.08. The third-order valence-corrected chi connectivity index (χ3v) is 2.36. The minimum Gasteiger partial charge on any atom is -0.0651 e. The Hall–Kier alpha value is -0.780. The average molecular weight is 162 g/mol. The molecule has 0 spiro atoms. The normalized spacial score (nSPS) is 12.9. The number of hydrogen-bond acceptors (Lipinski definition) is 0. The van der Waals surface area contributed by atoms with Crippen molar-refractivity contribution >= 4 is 0 Å². The molecule has 1 aromatic rings. The molecule has 0 unspecified atom stereocenters. The highest BCUT2D eigenvalue weighted by atomic mass is 14.1. The number of hydrogen-bond donors (Lipinski definition) is 0. The molecule has 0 saturated heterocycles. The monoisotopic (exact) mass is 162 g/mol. The van der Waals surface area contributed by atoms with Crippen molar-refractivity contribution in [3.63, 3.8) is 0 Å². The third kappa shape index (κ3) is 2.69. The van der Waals surface area contributed by atoms with E-state index in [1.165, 1.54) is 24.0 Å². The highest BCUT2D eigenvalue weighted by molar-refractivity contribution is 5.22. The molecule has 1 rings (SSSR count). The zero-order chi connectivity index (χ0) is 8.97. The number of rotatable bonds is 3. The predicted octanol–water partition coefficient (Wildman–Crippen LogP) is 3.58. The second-order valence-electron chi connectivity index (χ2n) is 3.71. The van der Waals surface area contributed by atoms with Crippen molar-refractivity contribution in [3.8, 4) is 0 Å². The molecule has 0 heterocycles. The van der Waals surface area contributed by atoms with Crippen LogP contribution in [0, 0.1) is 12.8 Å². The van der Waals surface area contributed by atoms with Crippen molar-refractivity contribution < 1.29 is 0 Å². The molecule has 0 heteroatoms. The molecule has 0 aliphatic carbocycles. The zero-order valence-corrected chi connectivity index (χ0v) is 8.30. The third-order valence-electron chi connectivity index (χ3n) is 2.36. The highest BCUT2D eigenvalue weighted by Gasteiger charge is 1.99. The van der Waals surface area contributed by atoms with E-state index in [0.29, 0.717) is 0 Å². The van der Waals surface area contributed by atoms with Crippen LogP contribution in [0.4, 0.5) is 0 Å². The molecular weight excluding hydrogens is 144 g/mol. The largest absolute Gasteiger partial charge is 0.0651 e. The van der Waals surface area contributed by atoms with Crippen LogP contribution in [0.3, 0.4) is 0 Å². The van der Waals surface area contributed by atoms with Crippen molar-refractivity contribution in [2.24, 2.45) is 5.92 Å². The summed E-state index contributed by atoms with van der Waals surface area (Å²) < 4.78 is 0. The number of aryl methyl sites for hydroxylation is 1. The molecule has 0 fully saturated rings. The Bertz CT molecular complexity index is 238. The zero-order valence-electron chi connectivity index (χ0n) is 8.30. The Morgan fingerprint density at radius 2 is 2.08 bits per heavy atom. The van der Waals surface area contributed by atoms with Crippen molar-refractivity contribution in [1.82, 2.24) is 0 Å². The van der Waals surface area contributed by atoms with Gasteiger partial charge in [0.25, 0.3) is 0 Å². The van der Waals surface area contributed by atoms with E-state index in [-0.39, 0.29) is 0 Å². The van der Waals surface area contributed by atoms with E-state index in [4.69, 9.17) is 0 Å². The second kappa shape index (κ2) is 4.30. The van der Waals surface area contributed by atoms with Gasteiger partial charge in [-0.2, -0.15) is 0 Å². The molecule has 12 heavy (non-hydrogen) atoms. The topological polar surface area (TPSA) is 0 Å². The van der Waals surface area contributed by atoms with Gasteiger partial charge in [0.15, 0.2) is 0 Å². The van der Waals surface area contributed by atoms with Crippen molar-refractivity contribution in [2.45, 2.75) is 33.6 Å². The first-order valence-electron chi connectivity index (χ1n) is 4.78. The van der Waals surface area contributed by atoms with Crippen LogP contribution in [-0.2, 0) is 6.42 Å². The Kier molecular flexibility index (Phi) is 3.33. The van der Waals surface area contributed by atoms with Gasteiger partial charge in [-0.05, 0) is 24.8 Å². The molecule has 66 valence electrons. The molecule has 0 N–H and O–H groups in total. The van der Waals surface area contributed by atoms with Crippen LogP contribution in [-0.4, -0.2) is 0 Å². The maximum absolute atomic E-state index is 2.31. The van der Waals surface area contributed by atoms with Gasteiger partial charge >= 0.3 is 0 Å². The van der Waals surface area contributed by atoms with Gasteiger partial charge in [-0.25, -0.2) is 0 Å². The lowest BCUT2D eigenvalue weighted by molar-refractivity contribution is 0.560. The molecule has 0 aliphatic rings. The molecular formula is C12H18. The van der Waals surface area contributed by atoms with Gasteiger partial charge in [-0.15, -0.1) is 0 Å². The molecule has 0 radical (unpaired) electrons. The fraction of sp³-hybridized carbons (Fsp3) is 0.500.